The molecule has 0 atom stereocenters. The van der Waals surface area contributed by atoms with Crippen LogP contribution in [0.1, 0.15) is 90.2 Å². The van der Waals surface area contributed by atoms with Crippen molar-refractivity contribution in [2.24, 2.45) is 0 Å². The largest absolute Gasteiger partial charge is 0.0651 e. The van der Waals surface area contributed by atoms with Crippen molar-refractivity contribution in [1.29, 1.82) is 0 Å². The Morgan fingerprint density at radius 1 is 0.583 bits per heavy atom. The van der Waals surface area contributed by atoms with Gasteiger partial charge in [-0.3, -0.25) is 0 Å². The van der Waals surface area contributed by atoms with E-state index in [2.05, 4.69) is 52.0 Å². The first-order valence-electron chi connectivity index (χ1n) is 10.2. The van der Waals surface area contributed by atoms with E-state index in [1.807, 2.05) is 0 Å². The van der Waals surface area contributed by atoms with E-state index in [1.165, 1.54) is 64.2 Å². The molecule has 0 amide bonds. The van der Waals surface area contributed by atoms with Crippen LogP contribution < -0.4 is 0 Å². The highest BCUT2D eigenvalue weighted by atomic mass is 14.2. The monoisotopic (exact) mass is 324 g/mol. The lowest BCUT2D eigenvalue weighted by Crippen LogP contribution is -2.10. The minimum atomic E-state index is 1.17. The Morgan fingerprint density at radius 2 is 0.958 bits per heavy atom. The third-order valence-corrected chi connectivity index (χ3v) is 5.25. The Morgan fingerprint density at radius 3 is 1.29 bits per heavy atom. The summed E-state index contributed by atoms with van der Waals surface area (Å²) in [5.41, 5.74) is 10.1. The van der Waals surface area contributed by atoms with Crippen molar-refractivity contribution in [3.8, 4) is 0 Å². The third-order valence-electron chi connectivity index (χ3n) is 5.25. The van der Waals surface area contributed by atoms with Crippen molar-refractivity contribution in [1.82, 2.24) is 0 Å². The lowest BCUT2D eigenvalue weighted by Gasteiger charge is -2.26. The Kier molecular flexibility index (Phi) is 7.82. The molecule has 24 heavy (non-hydrogen) atoms. The van der Waals surface area contributed by atoms with E-state index < -0.39 is 0 Å². The van der Waals surface area contributed by atoms with E-state index in [4.69, 9.17) is 0 Å². The van der Waals surface area contributed by atoms with Crippen molar-refractivity contribution < 1.29 is 0 Å². The van der Waals surface area contributed by atoms with Gasteiger partial charge in [-0.05, 0) is 60.8 Å². The maximum absolute atomic E-state index is 2.36. The van der Waals surface area contributed by atoms with Crippen molar-refractivity contribution in [3.05, 3.63) is 57.7 Å². The van der Waals surface area contributed by atoms with Crippen LogP contribution in [0.25, 0.3) is 0 Å². The summed E-state index contributed by atoms with van der Waals surface area (Å²) in [6, 6.07) is 9.17. The summed E-state index contributed by atoms with van der Waals surface area (Å²) < 4.78 is 0. The average molecular weight is 325 g/mol. The fourth-order valence-corrected chi connectivity index (χ4v) is 4.24. The molecule has 0 unspecified atom stereocenters. The van der Waals surface area contributed by atoms with Crippen molar-refractivity contribution in [2.75, 3.05) is 0 Å². The summed E-state index contributed by atoms with van der Waals surface area (Å²) >= 11 is 0. The van der Waals surface area contributed by atoms with E-state index >= 15 is 0 Å². The first kappa shape index (κ1) is 19.0. The third kappa shape index (κ3) is 4.62. The van der Waals surface area contributed by atoms with E-state index in [-0.39, 0.29) is 0 Å². The number of hydrogen-bond donors (Lipinski definition) is 0. The molecule has 2 rings (SSSR count). The lowest BCUT2D eigenvalue weighted by atomic mass is 9.79. The van der Waals surface area contributed by atoms with E-state index in [0.29, 0.717) is 0 Å². The number of allylic oxidation sites excluding steroid dienone is 4. The van der Waals surface area contributed by atoms with Crippen LogP contribution in [0.5, 0.6) is 0 Å². The van der Waals surface area contributed by atoms with Crippen LogP contribution in [0.2, 0.25) is 0 Å². The quantitative estimate of drug-likeness (QED) is 0.462. The zero-order chi connectivity index (χ0) is 17.4. The summed E-state index contributed by atoms with van der Waals surface area (Å²) in [4.78, 5) is 0. The molecule has 132 valence electrons. The van der Waals surface area contributed by atoms with Gasteiger partial charge in [-0.2, -0.15) is 0 Å². The highest BCUT2D eigenvalue weighted by Crippen LogP contribution is 2.36. The smallest absolute Gasteiger partial charge is 0.00583 e. The highest BCUT2D eigenvalue weighted by Gasteiger charge is 2.19. The molecule has 0 heteroatoms. The van der Waals surface area contributed by atoms with Crippen LogP contribution >= 0.6 is 0 Å². The molecule has 0 aliphatic heterocycles. The fraction of sp³-hybridized carbons (Fsp3) is 0.583. The molecule has 0 fully saturated rings. The molecule has 0 saturated carbocycles. The Bertz CT molecular complexity index is 533. The van der Waals surface area contributed by atoms with Gasteiger partial charge in [0.05, 0.1) is 0 Å². The van der Waals surface area contributed by atoms with Gasteiger partial charge in [-0.15, -0.1) is 0 Å². The molecule has 0 bridgehead atoms. The predicted molar refractivity (Wildman–Crippen MR) is 108 cm³/mol. The molecular formula is C24H36. The summed E-state index contributed by atoms with van der Waals surface area (Å²) in [6.45, 7) is 9.34. The maximum Gasteiger partial charge on any atom is -0.00583 e. The number of rotatable bonds is 8. The topological polar surface area (TPSA) is 0 Å². The maximum atomic E-state index is 2.36. The standard InChI is InChI=1S/C24H36/c1-5-11-21-17-19-15-9-10-16-20(19)18-22(12-6-2)24(14-8-4)23(21)13-7-3/h9-10,15-16H,5-8,11-14,17-18H2,1-4H3/b23-21-,24-22-. The lowest BCUT2D eigenvalue weighted by molar-refractivity contribution is 0.753. The molecule has 0 spiro atoms. The number of hydrogen-bond acceptors (Lipinski definition) is 0. The van der Waals surface area contributed by atoms with E-state index in [0.717, 1.165) is 0 Å². The highest BCUT2D eigenvalue weighted by molar-refractivity contribution is 5.47. The molecule has 0 heterocycles. The second-order valence-corrected chi connectivity index (χ2v) is 7.29. The van der Waals surface area contributed by atoms with Crippen molar-refractivity contribution in [3.63, 3.8) is 0 Å². The summed E-state index contributed by atoms with van der Waals surface area (Å²) in [7, 11) is 0. The van der Waals surface area contributed by atoms with Gasteiger partial charge < -0.3 is 0 Å². The molecule has 1 aliphatic rings. The molecule has 0 radical (unpaired) electrons. The fourth-order valence-electron chi connectivity index (χ4n) is 4.24. The molecule has 0 saturated heterocycles. The summed E-state index contributed by atoms with van der Waals surface area (Å²) in [5, 5.41) is 0. The molecular weight excluding hydrogens is 288 g/mol. The van der Waals surface area contributed by atoms with Crippen LogP contribution in [-0.2, 0) is 12.8 Å². The van der Waals surface area contributed by atoms with Crippen LogP contribution in [-0.4, -0.2) is 0 Å². The van der Waals surface area contributed by atoms with E-state index in [1.54, 1.807) is 33.4 Å². The minimum absolute atomic E-state index is 1.17. The van der Waals surface area contributed by atoms with Gasteiger partial charge in [0, 0.05) is 0 Å². The number of fused-ring (bicyclic) bond motifs is 1. The second kappa shape index (κ2) is 9.87. The van der Waals surface area contributed by atoms with Gasteiger partial charge in [0.25, 0.3) is 0 Å². The molecule has 0 aromatic heterocycles. The van der Waals surface area contributed by atoms with Crippen LogP contribution in [0, 0.1) is 0 Å². The molecule has 0 N–H and O–H groups in total. The minimum Gasteiger partial charge on any atom is -0.0651 e. The van der Waals surface area contributed by atoms with E-state index in [9.17, 15) is 0 Å². The van der Waals surface area contributed by atoms with Gasteiger partial charge in [-0.25, -0.2) is 0 Å². The first-order chi connectivity index (χ1) is 11.7. The molecule has 1 aromatic carbocycles. The van der Waals surface area contributed by atoms with Gasteiger partial charge in [0.1, 0.15) is 0 Å². The first-order valence-corrected chi connectivity index (χ1v) is 10.2. The molecule has 0 nitrogen and oxygen atoms in total. The van der Waals surface area contributed by atoms with Gasteiger partial charge >= 0.3 is 0 Å². The second-order valence-electron chi connectivity index (χ2n) is 7.29. The Balaban J connectivity index is 2.63. The van der Waals surface area contributed by atoms with Crippen LogP contribution in [0.3, 0.4) is 0 Å². The number of benzene rings is 1. The zero-order valence-corrected chi connectivity index (χ0v) is 16.4. The van der Waals surface area contributed by atoms with Crippen LogP contribution in [0.4, 0.5) is 0 Å². The normalized spacial score (nSPS) is 21.3. The van der Waals surface area contributed by atoms with Gasteiger partial charge in [0.2, 0.25) is 0 Å². The molecule has 1 aliphatic carbocycles. The van der Waals surface area contributed by atoms with Crippen LogP contribution in [0.15, 0.2) is 46.6 Å². The van der Waals surface area contributed by atoms with Gasteiger partial charge in [-0.1, -0.05) is 88.8 Å². The summed E-state index contributed by atoms with van der Waals surface area (Å²) in [5.74, 6) is 0. The zero-order valence-electron chi connectivity index (χ0n) is 16.4. The van der Waals surface area contributed by atoms with Gasteiger partial charge in [0.15, 0.2) is 0 Å². The molecule has 1 aromatic rings. The Labute approximate surface area is 150 Å². The van der Waals surface area contributed by atoms with Crippen molar-refractivity contribution >= 4 is 0 Å². The Hall–Kier alpha value is -1.30. The SMILES string of the molecule is CCC/C1=C(CCC)/C(CCC)=C(/CCC)Cc2ccccc2C1. The summed E-state index contributed by atoms with van der Waals surface area (Å²) in [6.07, 6.45) is 12.4. The average Bonchev–Trinajstić information content (AvgIpc) is 2.58. The van der Waals surface area contributed by atoms with Crippen molar-refractivity contribution in [2.45, 2.75) is 91.9 Å². The predicted octanol–water partition coefficient (Wildman–Crippen LogP) is 7.58.